The van der Waals surface area contributed by atoms with E-state index in [9.17, 15) is 4.79 Å². The molecule has 5 nitrogen and oxygen atoms in total. The summed E-state index contributed by atoms with van der Waals surface area (Å²) in [7, 11) is 0. The Morgan fingerprint density at radius 3 is 2.64 bits per heavy atom. The zero-order valence-corrected chi connectivity index (χ0v) is 15.1. The van der Waals surface area contributed by atoms with E-state index in [0.717, 1.165) is 26.0 Å². The Morgan fingerprint density at radius 2 is 2.09 bits per heavy atom. The summed E-state index contributed by atoms with van der Waals surface area (Å²) < 4.78 is 11.2. The molecule has 1 saturated heterocycles. The molecular weight excluding hydrogens is 280 g/mol. The van der Waals surface area contributed by atoms with E-state index < -0.39 is 5.60 Å². The highest BCUT2D eigenvalue weighted by Crippen LogP contribution is 2.20. The summed E-state index contributed by atoms with van der Waals surface area (Å²) in [4.78, 5) is 13.8. The van der Waals surface area contributed by atoms with Gasteiger partial charge in [0, 0.05) is 32.3 Å². The molecule has 1 aliphatic heterocycles. The van der Waals surface area contributed by atoms with Crippen molar-refractivity contribution < 1.29 is 14.3 Å². The van der Waals surface area contributed by atoms with Crippen LogP contribution in [0.1, 0.15) is 54.4 Å². The van der Waals surface area contributed by atoms with Crippen LogP contribution in [-0.4, -0.2) is 55.0 Å². The van der Waals surface area contributed by atoms with Gasteiger partial charge >= 0.3 is 6.09 Å². The molecule has 0 bridgehead atoms. The van der Waals surface area contributed by atoms with Gasteiger partial charge in [-0.25, -0.2) is 4.79 Å². The Bertz CT molecular complexity index is 339. The number of amides is 1. The molecule has 1 amide bonds. The van der Waals surface area contributed by atoms with Crippen molar-refractivity contribution in [2.75, 3.05) is 26.2 Å². The minimum absolute atomic E-state index is 0.233. The van der Waals surface area contributed by atoms with E-state index in [1.165, 1.54) is 0 Å². The molecule has 1 aliphatic rings. The summed E-state index contributed by atoms with van der Waals surface area (Å²) in [5.41, 5.74) is -0.441. The SMILES string of the molecule is CCN(CCNC1CCOC(C(C)C)C1)C(=O)OC(C)(C)C. The van der Waals surface area contributed by atoms with Crippen molar-refractivity contribution in [2.24, 2.45) is 5.92 Å². The predicted molar refractivity (Wildman–Crippen MR) is 89.1 cm³/mol. The van der Waals surface area contributed by atoms with Crippen molar-refractivity contribution in [3.8, 4) is 0 Å². The van der Waals surface area contributed by atoms with Crippen molar-refractivity contribution >= 4 is 6.09 Å². The molecule has 0 aromatic rings. The van der Waals surface area contributed by atoms with Crippen molar-refractivity contribution in [1.82, 2.24) is 10.2 Å². The van der Waals surface area contributed by atoms with Gasteiger partial charge in [-0.3, -0.25) is 0 Å². The van der Waals surface area contributed by atoms with Gasteiger partial charge in [-0.2, -0.15) is 0 Å². The second-order valence-electron chi connectivity index (χ2n) is 7.39. The fourth-order valence-electron chi connectivity index (χ4n) is 2.59. The van der Waals surface area contributed by atoms with Crippen LogP contribution >= 0.6 is 0 Å². The van der Waals surface area contributed by atoms with Crippen LogP contribution in [0.2, 0.25) is 0 Å². The van der Waals surface area contributed by atoms with Crippen LogP contribution in [0, 0.1) is 5.92 Å². The van der Waals surface area contributed by atoms with Gasteiger partial charge in [0.2, 0.25) is 0 Å². The van der Waals surface area contributed by atoms with Gasteiger partial charge in [0.1, 0.15) is 5.60 Å². The summed E-state index contributed by atoms with van der Waals surface area (Å²) in [6, 6.07) is 0.485. The fraction of sp³-hybridized carbons (Fsp3) is 0.941. The minimum Gasteiger partial charge on any atom is -0.444 e. The Kier molecular flexibility index (Phi) is 7.63. The van der Waals surface area contributed by atoms with E-state index in [1.54, 1.807) is 4.90 Å². The summed E-state index contributed by atoms with van der Waals surface area (Å²) in [5.74, 6) is 0.554. The highest BCUT2D eigenvalue weighted by molar-refractivity contribution is 5.68. The van der Waals surface area contributed by atoms with E-state index >= 15 is 0 Å². The minimum atomic E-state index is -0.441. The van der Waals surface area contributed by atoms with E-state index in [4.69, 9.17) is 9.47 Å². The Labute approximate surface area is 135 Å². The number of hydrogen-bond donors (Lipinski definition) is 1. The molecule has 2 atom stereocenters. The van der Waals surface area contributed by atoms with Crippen LogP contribution in [0.5, 0.6) is 0 Å². The van der Waals surface area contributed by atoms with Gasteiger partial charge in [-0.15, -0.1) is 0 Å². The Balaban J connectivity index is 2.33. The number of ether oxygens (including phenoxy) is 2. The van der Waals surface area contributed by atoms with Crippen LogP contribution in [-0.2, 0) is 9.47 Å². The van der Waals surface area contributed by atoms with Gasteiger partial charge in [-0.1, -0.05) is 13.8 Å². The van der Waals surface area contributed by atoms with Crippen LogP contribution in [0.3, 0.4) is 0 Å². The molecule has 0 aromatic heterocycles. The molecule has 0 saturated carbocycles. The lowest BCUT2D eigenvalue weighted by molar-refractivity contribution is -0.0247. The second kappa shape index (κ2) is 8.73. The summed E-state index contributed by atoms with van der Waals surface area (Å²) in [6.45, 7) is 15.0. The smallest absolute Gasteiger partial charge is 0.410 e. The number of hydrogen-bond acceptors (Lipinski definition) is 4. The number of likely N-dealkylation sites (N-methyl/N-ethyl adjacent to an activating group) is 1. The van der Waals surface area contributed by atoms with E-state index in [1.807, 2.05) is 27.7 Å². The normalized spacial score (nSPS) is 22.7. The largest absolute Gasteiger partial charge is 0.444 e. The maximum atomic E-state index is 12.1. The van der Waals surface area contributed by atoms with Gasteiger partial charge in [0.05, 0.1) is 6.10 Å². The number of carbonyl (C=O) groups excluding carboxylic acids is 1. The van der Waals surface area contributed by atoms with Crippen molar-refractivity contribution in [3.05, 3.63) is 0 Å². The molecule has 1 heterocycles. The second-order valence-corrected chi connectivity index (χ2v) is 7.39. The Morgan fingerprint density at radius 1 is 1.41 bits per heavy atom. The highest BCUT2D eigenvalue weighted by atomic mass is 16.6. The molecule has 1 fully saturated rings. The molecule has 0 radical (unpaired) electrons. The first-order valence-corrected chi connectivity index (χ1v) is 8.55. The Hall–Kier alpha value is -0.810. The number of nitrogens with one attached hydrogen (secondary N) is 1. The number of nitrogens with zero attached hydrogens (tertiary/aromatic N) is 1. The van der Waals surface area contributed by atoms with Gasteiger partial charge < -0.3 is 19.7 Å². The molecule has 0 aromatic carbocycles. The van der Waals surface area contributed by atoms with E-state index in [-0.39, 0.29) is 6.09 Å². The van der Waals surface area contributed by atoms with Crippen LogP contribution < -0.4 is 5.32 Å². The molecule has 0 spiro atoms. The first-order valence-electron chi connectivity index (χ1n) is 8.55. The summed E-state index contributed by atoms with van der Waals surface area (Å²) in [6.07, 6.45) is 2.21. The first-order chi connectivity index (χ1) is 10.2. The molecule has 22 heavy (non-hydrogen) atoms. The summed E-state index contributed by atoms with van der Waals surface area (Å²) >= 11 is 0. The topological polar surface area (TPSA) is 50.8 Å². The molecule has 1 rings (SSSR count). The maximum Gasteiger partial charge on any atom is 0.410 e. The highest BCUT2D eigenvalue weighted by Gasteiger charge is 2.25. The molecule has 1 N–H and O–H groups in total. The standard InChI is InChI=1S/C17H34N2O3/c1-7-19(16(20)22-17(4,5)6)10-9-18-14-8-11-21-15(12-14)13(2)3/h13-15,18H,7-12H2,1-6H3. The number of rotatable bonds is 6. The summed E-state index contributed by atoms with van der Waals surface area (Å²) in [5, 5.41) is 3.56. The first kappa shape index (κ1) is 19.2. The van der Waals surface area contributed by atoms with Crippen LogP contribution in [0.25, 0.3) is 0 Å². The fourth-order valence-corrected chi connectivity index (χ4v) is 2.59. The molecule has 2 unspecified atom stereocenters. The van der Waals surface area contributed by atoms with Gasteiger partial charge in [0.25, 0.3) is 0 Å². The quantitative estimate of drug-likeness (QED) is 0.819. The van der Waals surface area contributed by atoms with Crippen LogP contribution in [0.15, 0.2) is 0 Å². The molecule has 130 valence electrons. The van der Waals surface area contributed by atoms with E-state index in [0.29, 0.717) is 31.2 Å². The molecule has 0 aliphatic carbocycles. The third-order valence-electron chi connectivity index (χ3n) is 3.91. The van der Waals surface area contributed by atoms with Gasteiger partial charge in [0.15, 0.2) is 0 Å². The zero-order valence-electron chi connectivity index (χ0n) is 15.1. The molecule has 5 heteroatoms. The maximum absolute atomic E-state index is 12.1. The van der Waals surface area contributed by atoms with Crippen molar-refractivity contribution in [1.29, 1.82) is 0 Å². The lowest BCUT2D eigenvalue weighted by Crippen LogP contribution is -2.45. The zero-order chi connectivity index (χ0) is 16.8. The van der Waals surface area contributed by atoms with Crippen molar-refractivity contribution in [3.63, 3.8) is 0 Å². The monoisotopic (exact) mass is 314 g/mol. The van der Waals surface area contributed by atoms with Gasteiger partial charge in [-0.05, 0) is 46.5 Å². The lowest BCUT2D eigenvalue weighted by Gasteiger charge is -2.33. The average molecular weight is 314 g/mol. The average Bonchev–Trinajstić information content (AvgIpc) is 2.42. The van der Waals surface area contributed by atoms with Crippen LogP contribution in [0.4, 0.5) is 4.79 Å². The van der Waals surface area contributed by atoms with E-state index in [2.05, 4.69) is 19.2 Å². The van der Waals surface area contributed by atoms with Crippen molar-refractivity contribution in [2.45, 2.75) is 72.1 Å². The lowest BCUT2D eigenvalue weighted by atomic mass is 9.95. The molecular formula is C17H34N2O3. The third kappa shape index (κ3) is 6.97. The number of carbonyl (C=O) groups is 1. The predicted octanol–water partition coefficient (Wildman–Crippen LogP) is 3.04. The third-order valence-corrected chi connectivity index (χ3v) is 3.91.